The summed E-state index contributed by atoms with van der Waals surface area (Å²) in [4.78, 5) is 26.3. The van der Waals surface area contributed by atoms with Crippen molar-refractivity contribution >= 4 is 18.0 Å². The van der Waals surface area contributed by atoms with Gasteiger partial charge in [-0.15, -0.1) is 6.58 Å². The number of nitrogens with zero attached hydrogens (tertiary/aromatic N) is 1. The van der Waals surface area contributed by atoms with E-state index in [1.54, 1.807) is 38.1 Å². The minimum Gasteiger partial charge on any atom is -0.462 e. The van der Waals surface area contributed by atoms with E-state index in [4.69, 9.17) is 4.74 Å². The topological polar surface area (TPSA) is 46.6 Å². The van der Waals surface area contributed by atoms with Crippen molar-refractivity contribution in [3.05, 3.63) is 65.1 Å². The van der Waals surface area contributed by atoms with Crippen LogP contribution < -0.4 is 0 Å². The summed E-state index contributed by atoms with van der Waals surface area (Å²) in [7, 11) is 0. The minimum atomic E-state index is -0.543. The number of ether oxygens (including phenoxy) is 1. The molecule has 0 bridgehead atoms. The smallest absolute Gasteiger partial charge is 0.340 e. The van der Waals surface area contributed by atoms with Crippen LogP contribution in [-0.4, -0.2) is 29.9 Å². The average Bonchev–Trinajstić information content (AvgIpc) is 2.75. The van der Waals surface area contributed by atoms with Crippen LogP contribution in [0.3, 0.4) is 0 Å². The summed E-state index contributed by atoms with van der Waals surface area (Å²) in [6.45, 7) is 7.54. The van der Waals surface area contributed by atoms with Crippen molar-refractivity contribution in [1.29, 1.82) is 0 Å². The van der Waals surface area contributed by atoms with Gasteiger partial charge in [0.1, 0.15) is 5.82 Å². The number of carbonyl (C=O) groups is 2. The lowest BCUT2D eigenvalue weighted by molar-refractivity contribution is -0.138. The van der Waals surface area contributed by atoms with Crippen LogP contribution in [-0.2, 0) is 14.3 Å². The molecule has 1 aliphatic heterocycles. The van der Waals surface area contributed by atoms with E-state index in [0.717, 1.165) is 0 Å². The van der Waals surface area contributed by atoms with Gasteiger partial charge in [0.05, 0.1) is 17.8 Å². The molecule has 0 aromatic heterocycles. The Morgan fingerprint density at radius 2 is 2.00 bits per heavy atom. The summed E-state index contributed by atoms with van der Waals surface area (Å²) in [5, 5.41) is 0. The van der Waals surface area contributed by atoms with E-state index in [2.05, 4.69) is 6.58 Å². The highest BCUT2D eigenvalue weighted by molar-refractivity contribution is 6.16. The Bertz CT molecular complexity index is 701. The van der Waals surface area contributed by atoms with E-state index in [-0.39, 0.29) is 29.5 Å². The normalized spacial score (nSPS) is 16.2. The molecule has 1 heterocycles. The highest BCUT2D eigenvalue weighted by atomic mass is 19.1. The SMILES string of the molecule is C=CCN1C(=O)C(=Cc2ccc(F)cc2)C(C(=O)OCC)=C1C. The molecule has 0 atom stereocenters. The van der Waals surface area contributed by atoms with E-state index in [1.807, 2.05) is 0 Å². The van der Waals surface area contributed by atoms with Crippen molar-refractivity contribution in [3.63, 3.8) is 0 Å². The first kappa shape index (κ1) is 16.7. The van der Waals surface area contributed by atoms with Gasteiger partial charge in [-0.2, -0.15) is 0 Å². The molecule has 2 rings (SSSR count). The van der Waals surface area contributed by atoms with Gasteiger partial charge in [0.15, 0.2) is 0 Å². The standard InChI is InChI=1S/C18H18FNO3/c1-4-10-20-12(3)16(18(22)23-5-2)15(17(20)21)11-13-6-8-14(19)9-7-13/h4,6-9,11H,1,5,10H2,2-3H3. The van der Waals surface area contributed by atoms with Gasteiger partial charge in [-0.25, -0.2) is 9.18 Å². The van der Waals surface area contributed by atoms with Gasteiger partial charge in [-0.3, -0.25) is 4.79 Å². The van der Waals surface area contributed by atoms with Crippen LogP contribution >= 0.6 is 0 Å². The molecule has 120 valence electrons. The summed E-state index contributed by atoms with van der Waals surface area (Å²) in [6.07, 6.45) is 3.16. The summed E-state index contributed by atoms with van der Waals surface area (Å²) >= 11 is 0. The molecule has 0 N–H and O–H groups in total. The number of rotatable bonds is 5. The van der Waals surface area contributed by atoms with Gasteiger partial charge in [-0.1, -0.05) is 18.2 Å². The molecule has 0 spiro atoms. The predicted molar refractivity (Wildman–Crippen MR) is 85.6 cm³/mol. The Kier molecular flexibility index (Phi) is 5.11. The van der Waals surface area contributed by atoms with Gasteiger partial charge >= 0.3 is 5.97 Å². The van der Waals surface area contributed by atoms with E-state index in [0.29, 0.717) is 17.8 Å². The third kappa shape index (κ3) is 3.39. The minimum absolute atomic E-state index is 0.217. The number of carbonyl (C=O) groups excluding carboxylic acids is 2. The molecule has 4 nitrogen and oxygen atoms in total. The lowest BCUT2D eigenvalue weighted by atomic mass is 10.0. The van der Waals surface area contributed by atoms with Crippen molar-refractivity contribution in [2.45, 2.75) is 13.8 Å². The average molecular weight is 315 g/mol. The molecule has 23 heavy (non-hydrogen) atoms. The second-order valence-electron chi connectivity index (χ2n) is 4.99. The maximum Gasteiger partial charge on any atom is 0.340 e. The molecule has 5 heteroatoms. The zero-order chi connectivity index (χ0) is 17.0. The van der Waals surface area contributed by atoms with Gasteiger partial charge < -0.3 is 9.64 Å². The van der Waals surface area contributed by atoms with E-state index >= 15 is 0 Å². The first-order valence-corrected chi connectivity index (χ1v) is 7.28. The van der Waals surface area contributed by atoms with Crippen molar-refractivity contribution in [3.8, 4) is 0 Å². The third-order valence-corrected chi connectivity index (χ3v) is 3.48. The number of halogens is 1. The van der Waals surface area contributed by atoms with E-state index in [1.165, 1.54) is 17.0 Å². The van der Waals surface area contributed by atoms with Crippen molar-refractivity contribution in [1.82, 2.24) is 4.90 Å². The molecule has 1 aromatic rings. The zero-order valence-electron chi connectivity index (χ0n) is 13.1. The summed E-state index contributed by atoms with van der Waals surface area (Å²) in [5.74, 6) is -1.21. The second kappa shape index (κ2) is 7.05. The molecule has 0 radical (unpaired) electrons. The molecule has 0 fully saturated rings. The number of benzene rings is 1. The highest BCUT2D eigenvalue weighted by Gasteiger charge is 2.36. The number of esters is 1. The first-order chi connectivity index (χ1) is 11.0. The van der Waals surface area contributed by atoms with Crippen LogP contribution in [0.1, 0.15) is 19.4 Å². The van der Waals surface area contributed by atoms with Crippen LogP contribution in [0.2, 0.25) is 0 Å². The Morgan fingerprint density at radius 1 is 1.35 bits per heavy atom. The Hall–Kier alpha value is -2.69. The van der Waals surface area contributed by atoms with Crippen molar-refractivity contribution in [2.24, 2.45) is 0 Å². The number of amides is 1. The van der Waals surface area contributed by atoms with Gasteiger partial charge in [0.25, 0.3) is 5.91 Å². The maximum absolute atomic E-state index is 13.0. The number of hydrogen-bond donors (Lipinski definition) is 0. The lowest BCUT2D eigenvalue weighted by Gasteiger charge is -2.14. The molecular weight excluding hydrogens is 297 g/mol. The molecule has 1 aliphatic rings. The zero-order valence-corrected chi connectivity index (χ0v) is 13.1. The fraction of sp³-hybridized carbons (Fsp3) is 0.222. The fourth-order valence-electron chi connectivity index (χ4n) is 2.40. The largest absolute Gasteiger partial charge is 0.462 e. The molecule has 0 saturated heterocycles. The van der Waals surface area contributed by atoms with Crippen molar-refractivity contribution in [2.75, 3.05) is 13.2 Å². The molecule has 0 aliphatic carbocycles. The van der Waals surface area contributed by atoms with Crippen LogP contribution in [0, 0.1) is 5.82 Å². The Balaban J connectivity index is 2.50. The molecule has 1 aromatic carbocycles. The predicted octanol–water partition coefficient (Wildman–Crippen LogP) is 3.07. The lowest BCUT2D eigenvalue weighted by Crippen LogP contribution is -2.24. The maximum atomic E-state index is 13.0. The molecule has 0 unspecified atom stereocenters. The quantitative estimate of drug-likeness (QED) is 0.476. The van der Waals surface area contributed by atoms with Gasteiger partial charge in [-0.05, 0) is 37.6 Å². The first-order valence-electron chi connectivity index (χ1n) is 7.28. The van der Waals surface area contributed by atoms with E-state index < -0.39 is 5.97 Å². The molecule has 0 saturated carbocycles. The van der Waals surface area contributed by atoms with Crippen molar-refractivity contribution < 1.29 is 18.7 Å². The van der Waals surface area contributed by atoms with E-state index in [9.17, 15) is 14.0 Å². The van der Waals surface area contributed by atoms with Crippen LogP contribution in [0.4, 0.5) is 4.39 Å². The Morgan fingerprint density at radius 3 is 2.57 bits per heavy atom. The summed E-state index contributed by atoms with van der Waals surface area (Å²) in [6, 6.07) is 5.69. The molecular formula is C18H18FNO3. The van der Waals surface area contributed by atoms with Crippen LogP contribution in [0.15, 0.2) is 53.8 Å². The molecule has 1 amide bonds. The summed E-state index contributed by atoms with van der Waals surface area (Å²) in [5.41, 5.74) is 1.64. The van der Waals surface area contributed by atoms with Gasteiger partial charge in [0, 0.05) is 12.2 Å². The van der Waals surface area contributed by atoms with Crippen LogP contribution in [0.5, 0.6) is 0 Å². The monoisotopic (exact) mass is 315 g/mol. The van der Waals surface area contributed by atoms with Crippen LogP contribution in [0.25, 0.3) is 6.08 Å². The second-order valence-corrected chi connectivity index (χ2v) is 4.99. The highest BCUT2D eigenvalue weighted by Crippen LogP contribution is 2.31. The summed E-state index contributed by atoms with van der Waals surface area (Å²) < 4.78 is 18.1. The fourth-order valence-corrected chi connectivity index (χ4v) is 2.40. The number of allylic oxidation sites excluding steroid dienone is 1. The third-order valence-electron chi connectivity index (χ3n) is 3.48. The Labute approximate surface area is 134 Å². The number of hydrogen-bond acceptors (Lipinski definition) is 3. The van der Waals surface area contributed by atoms with Gasteiger partial charge in [0.2, 0.25) is 0 Å².